The molecule has 1 aliphatic heterocycles. The highest BCUT2D eigenvalue weighted by molar-refractivity contribution is 4.74. The second-order valence-corrected chi connectivity index (χ2v) is 2.74. The largest absolute Gasteiger partial charge is 0.381 e. The topological polar surface area (TPSA) is 21.3 Å². The van der Waals surface area contributed by atoms with E-state index in [1.54, 1.807) is 0 Å². The molecular weight excluding hydrogens is 114 g/mol. The van der Waals surface area contributed by atoms with Crippen LogP contribution < -0.4 is 5.32 Å². The average Bonchev–Trinajstić information content (AvgIpc) is 1.89. The predicted octanol–water partition coefficient (Wildman–Crippen LogP) is 0.631. The molecule has 0 amide bonds. The van der Waals surface area contributed by atoms with Gasteiger partial charge in [-0.15, -0.1) is 0 Å². The summed E-state index contributed by atoms with van der Waals surface area (Å²) in [6.45, 7) is 4.07. The summed E-state index contributed by atoms with van der Waals surface area (Å²) < 4.78 is 5.27. The molecule has 0 bridgehead atoms. The molecule has 9 heavy (non-hydrogen) atoms. The van der Waals surface area contributed by atoms with E-state index in [9.17, 15) is 0 Å². The van der Waals surface area contributed by atoms with Crippen molar-refractivity contribution >= 4 is 0 Å². The van der Waals surface area contributed by atoms with Crippen LogP contribution in [0.15, 0.2) is 0 Å². The molecule has 0 aromatic rings. The van der Waals surface area contributed by atoms with Gasteiger partial charge in [-0.25, -0.2) is 0 Å². The smallest absolute Gasteiger partial charge is 0.0506 e. The normalized spacial score (nSPS) is 36.7. The Morgan fingerprint density at radius 3 is 2.78 bits per heavy atom. The molecule has 0 saturated carbocycles. The molecular formula is C7H15NO. The molecule has 0 aromatic carbocycles. The molecule has 1 heterocycles. The number of rotatable bonds is 1. The van der Waals surface area contributed by atoms with Gasteiger partial charge in [0.2, 0.25) is 0 Å². The molecule has 2 heteroatoms. The van der Waals surface area contributed by atoms with Gasteiger partial charge in [0, 0.05) is 12.6 Å². The number of ether oxygens (including phenoxy) is 1. The Bertz CT molecular complexity index is 85.0. The SMILES string of the molecule is CN[C@@H]1CCOC[C@@H]1C. The first-order chi connectivity index (χ1) is 4.34. The quantitative estimate of drug-likeness (QED) is 0.560. The van der Waals surface area contributed by atoms with Crippen LogP contribution in [0.3, 0.4) is 0 Å². The Morgan fingerprint density at radius 1 is 1.56 bits per heavy atom. The zero-order valence-corrected chi connectivity index (χ0v) is 6.18. The number of nitrogens with one attached hydrogen (secondary N) is 1. The molecule has 1 N–H and O–H groups in total. The molecule has 0 radical (unpaired) electrons. The van der Waals surface area contributed by atoms with Gasteiger partial charge in [-0.3, -0.25) is 0 Å². The van der Waals surface area contributed by atoms with E-state index < -0.39 is 0 Å². The van der Waals surface area contributed by atoms with Crippen molar-refractivity contribution in [1.29, 1.82) is 0 Å². The van der Waals surface area contributed by atoms with E-state index in [0.29, 0.717) is 12.0 Å². The molecule has 0 aromatic heterocycles. The molecule has 2 nitrogen and oxygen atoms in total. The second-order valence-electron chi connectivity index (χ2n) is 2.74. The third kappa shape index (κ3) is 1.66. The molecule has 1 rings (SSSR count). The summed E-state index contributed by atoms with van der Waals surface area (Å²) in [4.78, 5) is 0. The van der Waals surface area contributed by atoms with Gasteiger partial charge in [-0.05, 0) is 19.4 Å². The van der Waals surface area contributed by atoms with Crippen LogP contribution in [0.4, 0.5) is 0 Å². The first-order valence-electron chi connectivity index (χ1n) is 3.59. The standard InChI is InChI=1S/C7H15NO/c1-6-5-9-4-3-7(6)8-2/h6-8H,3-5H2,1-2H3/t6-,7+/m0/s1. The lowest BCUT2D eigenvalue weighted by molar-refractivity contribution is 0.0412. The van der Waals surface area contributed by atoms with Gasteiger partial charge < -0.3 is 10.1 Å². The van der Waals surface area contributed by atoms with Crippen molar-refractivity contribution in [3.05, 3.63) is 0 Å². The summed E-state index contributed by atoms with van der Waals surface area (Å²) in [5.74, 6) is 0.684. The van der Waals surface area contributed by atoms with Crippen LogP contribution in [0, 0.1) is 5.92 Å². The molecule has 0 unspecified atom stereocenters. The molecule has 0 spiro atoms. The van der Waals surface area contributed by atoms with Crippen molar-refractivity contribution in [2.24, 2.45) is 5.92 Å². The first kappa shape index (κ1) is 7.03. The van der Waals surface area contributed by atoms with E-state index in [2.05, 4.69) is 12.2 Å². The fraction of sp³-hybridized carbons (Fsp3) is 1.00. The van der Waals surface area contributed by atoms with Crippen molar-refractivity contribution in [1.82, 2.24) is 5.32 Å². The van der Waals surface area contributed by atoms with E-state index in [-0.39, 0.29) is 0 Å². The molecule has 2 atom stereocenters. The fourth-order valence-corrected chi connectivity index (χ4v) is 1.31. The van der Waals surface area contributed by atoms with Crippen LogP contribution in [0.2, 0.25) is 0 Å². The lowest BCUT2D eigenvalue weighted by atomic mass is 9.98. The minimum absolute atomic E-state index is 0.679. The fourth-order valence-electron chi connectivity index (χ4n) is 1.31. The van der Waals surface area contributed by atoms with Crippen molar-refractivity contribution in [3.8, 4) is 0 Å². The Balaban J connectivity index is 2.30. The summed E-state index contributed by atoms with van der Waals surface area (Å²) in [5, 5.41) is 3.27. The number of hydrogen-bond acceptors (Lipinski definition) is 2. The van der Waals surface area contributed by atoms with Crippen LogP contribution in [0.5, 0.6) is 0 Å². The van der Waals surface area contributed by atoms with Crippen molar-refractivity contribution in [2.75, 3.05) is 20.3 Å². The van der Waals surface area contributed by atoms with Crippen LogP contribution in [-0.2, 0) is 4.74 Å². The van der Waals surface area contributed by atoms with Gasteiger partial charge in [0.25, 0.3) is 0 Å². The first-order valence-corrected chi connectivity index (χ1v) is 3.59. The summed E-state index contributed by atoms with van der Waals surface area (Å²) in [5.41, 5.74) is 0. The van der Waals surface area contributed by atoms with E-state index in [1.165, 1.54) is 0 Å². The summed E-state index contributed by atoms with van der Waals surface area (Å²) in [6, 6.07) is 0.679. The van der Waals surface area contributed by atoms with E-state index >= 15 is 0 Å². The molecule has 1 fully saturated rings. The van der Waals surface area contributed by atoms with Crippen LogP contribution >= 0.6 is 0 Å². The zero-order chi connectivity index (χ0) is 6.69. The third-order valence-electron chi connectivity index (χ3n) is 2.01. The maximum atomic E-state index is 5.27. The van der Waals surface area contributed by atoms with Crippen molar-refractivity contribution in [3.63, 3.8) is 0 Å². The van der Waals surface area contributed by atoms with E-state index in [1.807, 2.05) is 7.05 Å². The third-order valence-corrected chi connectivity index (χ3v) is 2.01. The summed E-state index contributed by atoms with van der Waals surface area (Å²) in [7, 11) is 2.02. The van der Waals surface area contributed by atoms with Gasteiger partial charge in [-0.2, -0.15) is 0 Å². The van der Waals surface area contributed by atoms with Gasteiger partial charge in [0.1, 0.15) is 0 Å². The zero-order valence-electron chi connectivity index (χ0n) is 6.18. The van der Waals surface area contributed by atoms with Crippen molar-refractivity contribution in [2.45, 2.75) is 19.4 Å². The van der Waals surface area contributed by atoms with Crippen LogP contribution in [-0.4, -0.2) is 26.3 Å². The van der Waals surface area contributed by atoms with Gasteiger partial charge >= 0.3 is 0 Å². The summed E-state index contributed by atoms with van der Waals surface area (Å²) in [6.07, 6.45) is 1.16. The molecule has 1 aliphatic rings. The van der Waals surface area contributed by atoms with Crippen molar-refractivity contribution < 1.29 is 4.74 Å². The highest BCUT2D eigenvalue weighted by atomic mass is 16.5. The van der Waals surface area contributed by atoms with Gasteiger partial charge in [0.05, 0.1) is 6.61 Å². The lowest BCUT2D eigenvalue weighted by Gasteiger charge is -2.28. The Kier molecular flexibility index (Phi) is 2.49. The van der Waals surface area contributed by atoms with E-state index in [4.69, 9.17) is 4.74 Å². The molecule has 54 valence electrons. The van der Waals surface area contributed by atoms with Crippen LogP contribution in [0.1, 0.15) is 13.3 Å². The highest BCUT2D eigenvalue weighted by Gasteiger charge is 2.19. The van der Waals surface area contributed by atoms with Crippen LogP contribution in [0.25, 0.3) is 0 Å². The second kappa shape index (κ2) is 3.18. The van der Waals surface area contributed by atoms with Gasteiger partial charge in [-0.1, -0.05) is 6.92 Å². The minimum atomic E-state index is 0.679. The minimum Gasteiger partial charge on any atom is -0.381 e. The van der Waals surface area contributed by atoms with Gasteiger partial charge in [0.15, 0.2) is 0 Å². The maximum absolute atomic E-state index is 5.27. The predicted molar refractivity (Wildman–Crippen MR) is 37.4 cm³/mol. The van der Waals surface area contributed by atoms with E-state index in [0.717, 1.165) is 19.6 Å². The average molecular weight is 129 g/mol. The Morgan fingerprint density at radius 2 is 2.33 bits per heavy atom. The Labute approximate surface area is 56.6 Å². The Hall–Kier alpha value is -0.0800. The summed E-state index contributed by atoms with van der Waals surface area (Å²) >= 11 is 0. The number of hydrogen-bond donors (Lipinski definition) is 1. The monoisotopic (exact) mass is 129 g/mol. The molecule has 1 saturated heterocycles. The maximum Gasteiger partial charge on any atom is 0.0506 e. The highest BCUT2D eigenvalue weighted by Crippen LogP contribution is 2.12. The lowest BCUT2D eigenvalue weighted by Crippen LogP contribution is -2.39. The molecule has 0 aliphatic carbocycles.